The number of hydrogen-bond donors (Lipinski definition) is 1. The molecule has 0 bridgehead atoms. The van der Waals surface area contributed by atoms with E-state index in [1.165, 1.54) is 0 Å². The number of ether oxygens (including phenoxy) is 2. The summed E-state index contributed by atoms with van der Waals surface area (Å²) >= 11 is 0. The molecule has 0 saturated carbocycles. The average Bonchev–Trinajstić information content (AvgIpc) is 3.54. The first-order chi connectivity index (χ1) is 19.5. The lowest BCUT2D eigenvalue weighted by molar-refractivity contribution is 0.194. The van der Waals surface area contributed by atoms with Crippen LogP contribution < -0.4 is 14.8 Å². The van der Waals surface area contributed by atoms with Gasteiger partial charge < -0.3 is 24.3 Å². The average molecular weight is 534 g/mol. The van der Waals surface area contributed by atoms with E-state index in [-0.39, 0.29) is 12.1 Å². The van der Waals surface area contributed by atoms with E-state index >= 15 is 0 Å². The zero-order valence-corrected chi connectivity index (χ0v) is 23.0. The van der Waals surface area contributed by atoms with Crippen molar-refractivity contribution in [1.82, 2.24) is 19.2 Å². The lowest BCUT2D eigenvalue weighted by Crippen LogP contribution is -2.38. The largest absolute Gasteiger partial charge is 0.497 e. The summed E-state index contributed by atoms with van der Waals surface area (Å²) in [6.45, 7) is 4.41. The van der Waals surface area contributed by atoms with Crippen LogP contribution in [0.5, 0.6) is 11.5 Å². The van der Waals surface area contributed by atoms with Gasteiger partial charge in [0.05, 0.1) is 49.6 Å². The van der Waals surface area contributed by atoms with E-state index in [4.69, 9.17) is 14.6 Å². The van der Waals surface area contributed by atoms with Gasteiger partial charge in [-0.05, 0) is 55.8 Å². The third kappa shape index (κ3) is 4.37. The molecule has 0 radical (unpaired) electrons. The van der Waals surface area contributed by atoms with Crippen molar-refractivity contribution in [3.05, 3.63) is 119 Å². The molecule has 2 aromatic heterocycles. The van der Waals surface area contributed by atoms with E-state index in [0.717, 1.165) is 39.6 Å². The summed E-state index contributed by atoms with van der Waals surface area (Å²) in [4.78, 5) is 16.1. The van der Waals surface area contributed by atoms with Gasteiger partial charge in [0.15, 0.2) is 0 Å². The minimum absolute atomic E-state index is 0.260. The second-order valence-corrected chi connectivity index (χ2v) is 9.88. The Morgan fingerprint density at radius 2 is 1.70 bits per heavy atom. The number of para-hydroxylation sites is 1. The number of carbonyl (C=O) groups is 1. The van der Waals surface area contributed by atoms with Crippen molar-refractivity contribution in [2.45, 2.75) is 26.4 Å². The minimum atomic E-state index is -0.358. The van der Waals surface area contributed by atoms with Gasteiger partial charge >= 0.3 is 6.03 Å². The van der Waals surface area contributed by atoms with E-state index < -0.39 is 0 Å². The summed E-state index contributed by atoms with van der Waals surface area (Å²) in [6, 6.07) is 27.3. The Kier molecular flexibility index (Phi) is 6.51. The molecule has 0 fully saturated rings. The number of rotatable bonds is 5. The number of anilines is 1. The zero-order valence-electron chi connectivity index (χ0n) is 23.0. The van der Waals surface area contributed by atoms with Crippen LogP contribution in [0.1, 0.15) is 34.1 Å². The second kappa shape index (κ2) is 10.3. The highest BCUT2D eigenvalue weighted by Gasteiger charge is 2.36. The van der Waals surface area contributed by atoms with Gasteiger partial charge in [-0.1, -0.05) is 48.0 Å². The summed E-state index contributed by atoms with van der Waals surface area (Å²) < 4.78 is 15.1. The van der Waals surface area contributed by atoms with E-state index in [1.54, 1.807) is 32.4 Å². The van der Waals surface area contributed by atoms with Crippen LogP contribution in [0.4, 0.5) is 10.5 Å². The molecule has 1 N–H and O–H groups in total. The van der Waals surface area contributed by atoms with Crippen molar-refractivity contribution in [1.29, 1.82) is 0 Å². The van der Waals surface area contributed by atoms with Crippen LogP contribution >= 0.6 is 0 Å². The molecule has 40 heavy (non-hydrogen) atoms. The van der Waals surface area contributed by atoms with Crippen LogP contribution in [0.25, 0.3) is 11.5 Å². The Balaban J connectivity index is 1.52. The monoisotopic (exact) mass is 533 g/mol. The summed E-state index contributed by atoms with van der Waals surface area (Å²) in [7, 11) is 3.18. The Morgan fingerprint density at radius 1 is 0.925 bits per heavy atom. The van der Waals surface area contributed by atoms with Gasteiger partial charge in [0.2, 0.25) is 0 Å². The van der Waals surface area contributed by atoms with Crippen LogP contribution in [0.3, 0.4) is 0 Å². The first-order valence-electron chi connectivity index (χ1n) is 13.2. The van der Waals surface area contributed by atoms with E-state index in [9.17, 15) is 4.79 Å². The maximum atomic E-state index is 14.3. The molecular formula is C32H31N5O3. The van der Waals surface area contributed by atoms with Crippen molar-refractivity contribution >= 4 is 11.7 Å². The molecule has 3 heterocycles. The molecule has 1 aliphatic heterocycles. The molecule has 0 spiro atoms. The van der Waals surface area contributed by atoms with Crippen LogP contribution in [-0.4, -0.2) is 39.5 Å². The first kappa shape index (κ1) is 25.3. The topological polar surface area (TPSA) is 73.6 Å². The SMILES string of the molecule is COc1ccc(OC)c(NC(=O)N2Cc3c(C)nn(-c4ccccc4)c3-n3cccc3[C@@H]2c2ccc(C)cc2)c1. The van der Waals surface area contributed by atoms with Gasteiger partial charge in [0.25, 0.3) is 0 Å². The van der Waals surface area contributed by atoms with Crippen LogP contribution in [0, 0.1) is 13.8 Å². The molecular weight excluding hydrogens is 502 g/mol. The number of urea groups is 1. The van der Waals surface area contributed by atoms with Gasteiger partial charge in [-0.3, -0.25) is 0 Å². The Morgan fingerprint density at radius 3 is 2.42 bits per heavy atom. The van der Waals surface area contributed by atoms with Gasteiger partial charge in [-0.15, -0.1) is 0 Å². The van der Waals surface area contributed by atoms with E-state index in [1.807, 2.05) is 59.1 Å². The Labute approximate surface area is 233 Å². The van der Waals surface area contributed by atoms with E-state index in [2.05, 4.69) is 47.1 Å². The Hall–Kier alpha value is -4.98. The number of aryl methyl sites for hydroxylation is 2. The number of carbonyl (C=O) groups excluding carboxylic acids is 1. The lowest BCUT2D eigenvalue weighted by atomic mass is 10.0. The van der Waals surface area contributed by atoms with Crippen LogP contribution in [0.15, 0.2) is 91.1 Å². The normalized spacial score (nSPS) is 14.2. The summed E-state index contributed by atoms with van der Waals surface area (Å²) in [6.07, 6.45) is 2.04. The number of nitrogens with one attached hydrogen (secondary N) is 1. The first-order valence-corrected chi connectivity index (χ1v) is 13.2. The molecule has 5 aromatic rings. The molecule has 0 aliphatic carbocycles. The van der Waals surface area contributed by atoms with Gasteiger partial charge in [0, 0.05) is 17.8 Å². The quantitative estimate of drug-likeness (QED) is 0.282. The number of fused-ring (bicyclic) bond motifs is 3. The molecule has 2 amide bonds. The van der Waals surface area contributed by atoms with Gasteiger partial charge in [-0.25, -0.2) is 9.48 Å². The third-order valence-electron chi connectivity index (χ3n) is 7.39. The van der Waals surface area contributed by atoms with Crippen molar-refractivity contribution in [2.75, 3.05) is 19.5 Å². The summed E-state index contributed by atoms with van der Waals surface area (Å²) in [5.74, 6) is 2.10. The van der Waals surface area contributed by atoms with Crippen molar-refractivity contribution < 1.29 is 14.3 Å². The fourth-order valence-electron chi connectivity index (χ4n) is 5.35. The summed E-state index contributed by atoms with van der Waals surface area (Å²) in [5, 5.41) is 8.02. The Bertz CT molecular complexity index is 1670. The van der Waals surface area contributed by atoms with Crippen molar-refractivity contribution in [2.24, 2.45) is 0 Å². The number of amides is 2. The van der Waals surface area contributed by atoms with E-state index in [0.29, 0.717) is 23.7 Å². The van der Waals surface area contributed by atoms with Gasteiger partial charge in [0.1, 0.15) is 17.3 Å². The zero-order chi connectivity index (χ0) is 27.8. The predicted molar refractivity (Wildman–Crippen MR) is 155 cm³/mol. The molecule has 202 valence electrons. The molecule has 0 unspecified atom stereocenters. The van der Waals surface area contributed by atoms with Crippen LogP contribution in [0.2, 0.25) is 0 Å². The predicted octanol–water partition coefficient (Wildman–Crippen LogP) is 6.43. The number of benzene rings is 3. The molecule has 6 rings (SSSR count). The fraction of sp³-hybridized carbons (Fsp3) is 0.188. The number of aromatic nitrogens is 3. The highest BCUT2D eigenvalue weighted by molar-refractivity contribution is 5.92. The number of methoxy groups -OCH3 is 2. The van der Waals surface area contributed by atoms with Crippen molar-refractivity contribution in [3.63, 3.8) is 0 Å². The standard InChI is InChI=1S/C32H31N5O3/c1-21-12-14-23(15-13-21)30-28-11-8-18-35(28)31-26(22(2)34-37(31)24-9-6-5-7-10-24)20-36(30)32(38)33-27-19-25(39-3)16-17-29(27)40-4/h5-19,30H,20H2,1-4H3,(H,33,38)/t30-/m0/s1. The third-order valence-corrected chi connectivity index (χ3v) is 7.39. The van der Waals surface area contributed by atoms with Crippen LogP contribution in [-0.2, 0) is 6.54 Å². The highest BCUT2D eigenvalue weighted by atomic mass is 16.5. The molecule has 1 aliphatic rings. The summed E-state index contributed by atoms with van der Waals surface area (Å²) in [5.41, 5.74) is 6.46. The molecule has 3 aromatic carbocycles. The fourth-order valence-corrected chi connectivity index (χ4v) is 5.35. The molecule has 1 atom stereocenters. The molecule has 8 heteroatoms. The number of nitrogens with zero attached hydrogens (tertiary/aromatic N) is 4. The second-order valence-electron chi connectivity index (χ2n) is 9.88. The molecule has 8 nitrogen and oxygen atoms in total. The van der Waals surface area contributed by atoms with Crippen molar-refractivity contribution in [3.8, 4) is 23.0 Å². The minimum Gasteiger partial charge on any atom is -0.497 e. The lowest BCUT2D eigenvalue weighted by Gasteiger charge is -2.31. The maximum absolute atomic E-state index is 14.3. The maximum Gasteiger partial charge on any atom is 0.323 e. The van der Waals surface area contributed by atoms with Gasteiger partial charge in [-0.2, -0.15) is 5.10 Å². The highest BCUT2D eigenvalue weighted by Crippen LogP contribution is 2.39. The number of hydrogen-bond acceptors (Lipinski definition) is 4. The molecule has 0 saturated heterocycles. The smallest absolute Gasteiger partial charge is 0.323 e.